The van der Waals surface area contributed by atoms with E-state index in [0.29, 0.717) is 25.6 Å². The molecule has 0 radical (unpaired) electrons. The van der Waals surface area contributed by atoms with Crippen LogP contribution in [0.4, 0.5) is 5.69 Å². The van der Waals surface area contributed by atoms with Gasteiger partial charge in [-0.1, -0.05) is 33.6 Å². The zero-order valence-corrected chi connectivity index (χ0v) is 13.9. The highest BCUT2D eigenvalue weighted by Crippen LogP contribution is 2.22. The lowest BCUT2D eigenvalue weighted by Crippen LogP contribution is -2.05. The van der Waals surface area contributed by atoms with Crippen molar-refractivity contribution in [3.63, 3.8) is 0 Å². The van der Waals surface area contributed by atoms with Gasteiger partial charge >= 0.3 is 0 Å². The van der Waals surface area contributed by atoms with Crippen molar-refractivity contribution in [1.29, 1.82) is 0 Å². The number of rotatable bonds is 7. The SMILES string of the molecule is COCCOc1ccc(NCc2ccc(Br)cc2Cl)cn1. The van der Waals surface area contributed by atoms with E-state index in [1.807, 2.05) is 30.3 Å². The summed E-state index contributed by atoms with van der Waals surface area (Å²) >= 11 is 9.56. The van der Waals surface area contributed by atoms with E-state index in [-0.39, 0.29) is 0 Å². The molecule has 1 heterocycles. The van der Waals surface area contributed by atoms with Gasteiger partial charge in [-0.15, -0.1) is 0 Å². The number of aromatic nitrogens is 1. The standard InChI is InChI=1S/C15H16BrClN2O2/c1-20-6-7-21-15-5-4-13(10-19-15)18-9-11-2-3-12(16)8-14(11)17/h2-5,8,10,18H,6-7,9H2,1H3. The fourth-order valence-electron chi connectivity index (χ4n) is 1.66. The molecule has 0 bridgehead atoms. The van der Waals surface area contributed by atoms with Crippen molar-refractivity contribution < 1.29 is 9.47 Å². The van der Waals surface area contributed by atoms with E-state index >= 15 is 0 Å². The lowest BCUT2D eigenvalue weighted by molar-refractivity contribution is 0.144. The van der Waals surface area contributed by atoms with Gasteiger partial charge in [0, 0.05) is 29.2 Å². The highest BCUT2D eigenvalue weighted by atomic mass is 79.9. The fourth-order valence-corrected chi connectivity index (χ4v) is 2.40. The first kappa shape index (κ1) is 16.1. The monoisotopic (exact) mass is 370 g/mol. The molecule has 0 aliphatic carbocycles. The number of nitrogens with one attached hydrogen (secondary N) is 1. The number of nitrogens with zero attached hydrogens (tertiary/aromatic N) is 1. The van der Waals surface area contributed by atoms with Crippen LogP contribution in [0.2, 0.25) is 5.02 Å². The molecular formula is C15H16BrClN2O2. The molecule has 112 valence electrons. The number of anilines is 1. The summed E-state index contributed by atoms with van der Waals surface area (Å²) in [5.74, 6) is 0.583. The molecule has 4 nitrogen and oxygen atoms in total. The fraction of sp³-hybridized carbons (Fsp3) is 0.267. The third-order valence-electron chi connectivity index (χ3n) is 2.77. The molecule has 2 aromatic rings. The summed E-state index contributed by atoms with van der Waals surface area (Å²) in [5, 5.41) is 4.00. The summed E-state index contributed by atoms with van der Waals surface area (Å²) in [6.07, 6.45) is 1.73. The van der Waals surface area contributed by atoms with Gasteiger partial charge in [0.1, 0.15) is 6.61 Å². The van der Waals surface area contributed by atoms with Crippen LogP contribution in [-0.4, -0.2) is 25.3 Å². The Hall–Kier alpha value is -1.30. The number of hydrogen-bond donors (Lipinski definition) is 1. The minimum Gasteiger partial charge on any atom is -0.475 e. The quantitative estimate of drug-likeness (QED) is 0.743. The van der Waals surface area contributed by atoms with Crippen molar-refractivity contribution in [1.82, 2.24) is 4.98 Å². The molecule has 0 saturated carbocycles. The van der Waals surface area contributed by atoms with Gasteiger partial charge in [0.15, 0.2) is 0 Å². The predicted octanol–water partition coefficient (Wildman–Crippen LogP) is 4.13. The molecule has 1 N–H and O–H groups in total. The van der Waals surface area contributed by atoms with E-state index in [1.54, 1.807) is 13.3 Å². The molecule has 2 rings (SSSR count). The highest BCUT2D eigenvalue weighted by molar-refractivity contribution is 9.10. The van der Waals surface area contributed by atoms with Crippen LogP contribution < -0.4 is 10.1 Å². The van der Waals surface area contributed by atoms with Crippen LogP contribution in [0.5, 0.6) is 5.88 Å². The van der Waals surface area contributed by atoms with Crippen LogP contribution in [-0.2, 0) is 11.3 Å². The zero-order chi connectivity index (χ0) is 15.1. The number of hydrogen-bond acceptors (Lipinski definition) is 4. The van der Waals surface area contributed by atoms with E-state index < -0.39 is 0 Å². The van der Waals surface area contributed by atoms with Gasteiger partial charge in [0.2, 0.25) is 5.88 Å². The molecule has 6 heteroatoms. The molecule has 0 unspecified atom stereocenters. The first-order valence-electron chi connectivity index (χ1n) is 6.44. The third kappa shape index (κ3) is 5.19. The Balaban J connectivity index is 1.88. The van der Waals surface area contributed by atoms with Crippen molar-refractivity contribution in [3.05, 3.63) is 51.6 Å². The van der Waals surface area contributed by atoms with Crippen LogP contribution >= 0.6 is 27.5 Å². The Morgan fingerprint density at radius 1 is 1.24 bits per heavy atom. The number of benzene rings is 1. The van der Waals surface area contributed by atoms with Crippen LogP contribution in [0.3, 0.4) is 0 Å². The van der Waals surface area contributed by atoms with Crippen molar-refractivity contribution in [2.75, 3.05) is 25.6 Å². The molecule has 21 heavy (non-hydrogen) atoms. The predicted molar refractivity (Wildman–Crippen MR) is 88.1 cm³/mol. The van der Waals surface area contributed by atoms with E-state index in [0.717, 1.165) is 20.7 Å². The maximum atomic E-state index is 6.17. The molecule has 0 saturated heterocycles. The topological polar surface area (TPSA) is 43.4 Å². The minimum atomic E-state index is 0.491. The number of methoxy groups -OCH3 is 1. The molecule has 0 aliphatic rings. The Bertz CT molecular complexity index is 578. The average molecular weight is 372 g/mol. The van der Waals surface area contributed by atoms with Crippen LogP contribution in [0.15, 0.2) is 41.0 Å². The maximum Gasteiger partial charge on any atom is 0.213 e. The molecule has 0 aliphatic heterocycles. The minimum absolute atomic E-state index is 0.491. The Kier molecular flexibility index (Phi) is 6.29. The summed E-state index contributed by atoms with van der Waals surface area (Å²) in [5.41, 5.74) is 1.94. The van der Waals surface area contributed by atoms with Crippen LogP contribution in [0.1, 0.15) is 5.56 Å². The van der Waals surface area contributed by atoms with E-state index in [4.69, 9.17) is 21.1 Å². The second-order valence-corrected chi connectivity index (χ2v) is 5.64. The van der Waals surface area contributed by atoms with Gasteiger partial charge < -0.3 is 14.8 Å². The summed E-state index contributed by atoms with van der Waals surface area (Å²) in [6.45, 7) is 1.67. The molecule has 0 atom stereocenters. The third-order valence-corrected chi connectivity index (χ3v) is 3.62. The Labute approximate surface area is 137 Å². The van der Waals surface area contributed by atoms with Gasteiger partial charge in [-0.05, 0) is 23.8 Å². The van der Waals surface area contributed by atoms with E-state index in [2.05, 4.69) is 26.2 Å². The number of ether oxygens (including phenoxy) is 2. The first-order chi connectivity index (χ1) is 10.2. The summed E-state index contributed by atoms with van der Waals surface area (Å²) in [7, 11) is 1.64. The molecule has 1 aromatic carbocycles. The van der Waals surface area contributed by atoms with Gasteiger partial charge in [0.25, 0.3) is 0 Å². The van der Waals surface area contributed by atoms with Crippen molar-refractivity contribution in [2.45, 2.75) is 6.54 Å². The van der Waals surface area contributed by atoms with Crippen molar-refractivity contribution in [2.24, 2.45) is 0 Å². The zero-order valence-electron chi connectivity index (χ0n) is 11.6. The molecule has 0 spiro atoms. The Morgan fingerprint density at radius 3 is 2.76 bits per heavy atom. The largest absolute Gasteiger partial charge is 0.475 e. The van der Waals surface area contributed by atoms with Gasteiger partial charge in [-0.3, -0.25) is 0 Å². The van der Waals surface area contributed by atoms with E-state index in [9.17, 15) is 0 Å². The van der Waals surface area contributed by atoms with Crippen molar-refractivity contribution in [3.8, 4) is 5.88 Å². The molecule has 0 amide bonds. The van der Waals surface area contributed by atoms with Gasteiger partial charge in [-0.2, -0.15) is 0 Å². The molecular weight excluding hydrogens is 356 g/mol. The summed E-state index contributed by atoms with van der Waals surface area (Å²) < 4.78 is 11.3. The lowest BCUT2D eigenvalue weighted by atomic mass is 10.2. The highest BCUT2D eigenvalue weighted by Gasteiger charge is 2.02. The number of pyridine rings is 1. The normalized spacial score (nSPS) is 10.4. The Morgan fingerprint density at radius 2 is 2.10 bits per heavy atom. The average Bonchev–Trinajstić information content (AvgIpc) is 2.48. The second kappa shape index (κ2) is 8.22. The summed E-state index contributed by atoms with van der Waals surface area (Å²) in [6, 6.07) is 9.57. The van der Waals surface area contributed by atoms with Crippen molar-refractivity contribution >= 4 is 33.2 Å². The number of halogens is 2. The van der Waals surface area contributed by atoms with E-state index in [1.165, 1.54) is 0 Å². The van der Waals surface area contributed by atoms with Crippen LogP contribution in [0, 0.1) is 0 Å². The molecule has 0 fully saturated rings. The molecule has 1 aromatic heterocycles. The van der Waals surface area contributed by atoms with Gasteiger partial charge in [0.05, 0.1) is 18.5 Å². The van der Waals surface area contributed by atoms with Gasteiger partial charge in [-0.25, -0.2) is 4.98 Å². The maximum absolute atomic E-state index is 6.17. The summed E-state index contributed by atoms with van der Waals surface area (Å²) in [4.78, 5) is 4.22. The lowest BCUT2D eigenvalue weighted by Gasteiger charge is -2.09. The smallest absolute Gasteiger partial charge is 0.213 e. The van der Waals surface area contributed by atoms with Crippen LogP contribution in [0.25, 0.3) is 0 Å². The second-order valence-electron chi connectivity index (χ2n) is 4.32. The first-order valence-corrected chi connectivity index (χ1v) is 7.61.